The number of carbonyl (C=O) groups is 1. The Morgan fingerprint density at radius 1 is 1.15 bits per heavy atom. The van der Waals surface area contributed by atoms with Gasteiger partial charge in [-0.1, -0.05) is 0 Å². The summed E-state index contributed by atoms with van der Waals surface area (Å²) < 4.78 is 63.7. The van der Waals surface area contributed by atoms with Crippen molar-refractivity contribution in [2.75, 3.05) is 44.2 Å². The van der Waals surface area contributed by atoms with Crippen molar-refractivity contribution >= 4 is 22.6 Å². The van der Waals surface area contributed by atoms with Crippen molar-refractivity contribution < 1.29 is 27.1 Å². The van der Waals surface area contributed by atoms with E-state index in [0.29, 0.717) is 55.1 Å². The van der Waals surface area contributed by atoms with Gasteiger partial charge in [-0.15, -0.1) is 0 Å². The van der Waals surface area contributed by atoms with E-state index in [2.05, 4.69) is 37.6 Å². The number of ether oxygens (including phenoxy) is 1. The van der Waals surface area contributed by atoms with Crippen molar-refractivity contribution in [2.45, 2.75) is 82.3 Å². The van der Waals surface area contributed by atoms with E-state index in [9.17, 15) is 22.4 Å². The summed E-state index contributed by atoms with van der Waals surface area (Å²) in [5, 5.41) is 13.6. The second kappa shape index (κ2) is 10.5. The second-order valence-corrected chi connectivity index (χ2v) is 14.4. The zero-order valence-electron chi connectivity index (χ0n) is 25.9. The summed E-state index contributed by atoms with van der Waals surface area (Å²) in [5.41, 5.74) is 0.0904. The number of likely N-dealkylation sites (tertiary alicyclic amines) is 1. The number of hydrogen-bond donors (Lipinski definition) is 3. The van der Waals surface area contributed by atoms with E-state index in [1.165, 1.54) is 19.2 Å². The first-order chi connectivity index (χ1) is 21.9. The zero-order chi connectivity index (χ0) is 32.0. The quantitative estimate of drug-likeness (QED) is 0.329. The fourth-order valence-corrected chi connectivity index (χ4v) is 8.24. The molecule has 4 fully saturated rings. The number of halogens is 4. The van der Waals surface area contributed by atoms with Gasteiger partial charge in [0.05, 0.1) is 35.6 Å². The Kier molecular flexibility index (Phi) is 6.81. The third-order valence-electron chi connectivity index (χ3n) is 10.6. The van der Waals surface area contributed by atoms with Crippen LogP contribution in [0.3, 0.4) is 0 Å². The Balaban J connectivity index is 1.16. The number of fused-ring (bicyclic) bond motifs is 4. The lowest BCUT2D eigenvalue weighted by Crippen LogP contribution is -2.58. The Morgan fingerprint density at radius 3 is 2.70 bits per heavy atom. The van der Waals surface area contributed by atoms with Crippen LogP contribution in [-0.2, 0) is 12.6 Å². The van der Waals surface area contributed by atoms with Crippen molar-refractivity contribution in [3.8, 4) is 6.01 Å². The van der Waals surface area contributed by atoms with Gasteiger partial charge in [-0.2, -0.15) is 28.2 Å². The highest BCUT2D eigenvalue weighted by Gasteiger charge is 2.47. The van der Waals surface area contributed by atoms with E-state index in [1.807, 2.05) is 0 Å². The van der Waals surface area contributed by atoms with Crippen molar-refractivity contribution in [1.82, 2.24) is 35.7 Å². The highest BCUT2D eigenvalue weighted by Crippen LogP contribution is 2.48. The summed E-state index contributed by atoms with van der Waals surface area (Å²) in [6, 6.07) is 0.784. The number of benzene rings is 1. The maximum Gasteiger partial charge on any atom is 0.417 e. The molecule has 2 aromatic heterocycles. The lowest BCUT2D eigenvalue weighted by molar-refractivity contribution is -0.138. The first-order valence-electron chi connectivity index (χ1n) is 16.2. The second-order valence-electron chi connectivity index (χ2n) is 14.4. The van der Waals surface area contributed by atoms with E-state index < -0.39 is 29.9 Å². The van der Waals surface area contributed by atoms with Gasteiger partial charge in [0.1, 0.15) is 17.6 Å². The molecule has 1 aliphatic carbocycles. The van der Waals surface area contributed by atoms with Gasteiger partial charge in [0, 0.05) is 61.5 Å². The van der Waals surface area contributed by atoms with Crippen molar-refractivity contribution in [3.63, 3.8) is 0 Å². The Hall–Kier alpha value is -3.52. The third kappa shape index (κ3) is 5.26. The molecular weight excluding hydrogens is 604 g/mol. The molecule has 3 N–H and O–H groups in total. The molecule has 4 aliphatic heterocycles. The number of aryl methyl sites for hydroxylation is 1. The summed E-state index contributed by atoms with van der Waals surface area (Å²) in [6.45, 7) is 7.09. The lowest BCUT2D eigenvalue weighted by atomic mass is 9.87. The first-order valence-corrected chi connectivity index (χ1v) is 16.2. The van der Waals surface area contributed by atoms with Gasteiger partial charge < -0.3 is 20.3 Å². The maximum atomic E-state index is 14.5. The molecule has 0 spiro atoms. The zero-order valence-corrected chi connectivity index (χ0v) is 25.9. The largest absolute Gasteiger partial charge is 0.463 e. The molecule has 1 aromatic carbocycles. The number of hydrogen-bond acceptors (Lipinski definition) is 8. The van der Waals surface area contributed by atoms with Gasteiger partial charge >= 0.3 is 12.2 Å². The van der Waals surface area contributed by atoms with Crippen molar-refractivity contribution in [3.05, 3.63) is 40.2 Å². The summed E-state index contributed by atoms with van der Waals surface area (Å²) in [5.74, 6) is -0.0578. The van der Waals surface area contributed by atoms with E-state index in [-0.39, 0.29) is 46.1 Å². The lowest BCUT2D eigenvalue weighted by Gasteiger charge is -2.41. The highest BCUT2D eigenvalue weighted by atomic mass is 19.4. The van der Waals surface area contributed by atoms with Gasteiger partial charge in [-0.25, -0.2) is 4.39 Å². The molecule has 5 aliphatic rings. The van der Waals surface area contributed by atoms with Crippen LogP contribution in [0, 0.1) is 12.3 Å². The van der Waals surface area contributed by atoms with Gasteiger partial charge in [0.2, 0.25) is 0 Å². The van der Waals surface area contributed by atoms with Crippen LogP contribution in [-0.4, -0.2) is 88.1 Å². The molecular formula is C32H38F4N8O2. The molecule has 1 saturated carbocycles. The normalized spacial score (nSPS) is 28.9. The fourth-order valence-electron chi connectivity index (χ4n) is 8.24. The van der Waals surface area contributed by atoms with Gasteiger partial charge in [0.25, 0.3) is 5.91 Å². The molecule has 0 radical (unpaired) electrons. The molecule has 2 bridgehead atoms. The molecule has 3 saturated heterocycles. The standard InChI is InChI=1S/C32H38F4N8O2/c1-17-9-21-20(11-37-42-21)24(26(17)32(34,35)36)22-10-23-25(28(45)38-22)27(44-13-19-3-5-30(2,14-44)41-19)40-29(39-23)46-16-31(6-7-31)15-43-8-4-18(33)12-43/h9,11,18-19,22,41H,3-8,10,12-16H2,1-2H3,(H,37,42)(H,38,45)/t18-,19-,22?,30+/m1/s1. The number of amides is 1. The first kappa shape index (κ1) is 29.9. The van der Waals surface area contributed by atoms with E-state index in [4.69, 9.17) is 14.7 Å². The highest BCUT2D eigenvalue weighted by molar-refractivity contribution is 6.02. The van der Waals surface area contributed by atoms with Crippen LogP contribution in [0.4, 0.5) is 23.4 Å². The number of aromatic nitrogens is 4. The van der Waals surface area contributed by atoms with Crippen LogP contribution in [0.5, 0.6) is 6.01 Å². The topological polar surface area (TPSA) is 111 Å². The number of alkyl halides is 4. The van der Waals surface area contributed by atoms with E-state index in [0.717, 1.165) is 38.8 Å². The maximum absolute atomic E-state index is 14.5. The Labute approximate surface area is 263 Å². The number of nitrogens with one attached hydrogen (secondary N) is 3. The van der Waals surface area contributed by atoms with Gasteiger partial charge in [-0.3, -0.25) is 14.8 Å². The minimum Gasteiger partial charge on any atom is -0.463 e. The average molecular weight is 643 g/mol. The minimum absolute atomic E-state index is 0.0284. The van der Waals surface area contributed by atoms with Crippen LogP contribution >= 0.6 is 0 Å². The van der Waals surface area contributed by atoms with Crippen molar-refractivity contribution in [2.24, 2.45) is 5.41 Å². The van der Waals surface area contributed by atoms with E-state index in [1.54, 1.807) is 0 Å². The molecule has 4 atom stereocenters. The molecule has 246 valence electrons. The molecule has 6 heterocycles. The summed E-state index contributed by atoms with van der Waals surface area (Å²) in [4.78, 5) is 27.7. The predicted molar refractivity (Wildman–Crippen MR) is 162 cm³/mol. The fraction of sp³-hybridized carbons (Fsp3) is 0.625. The smallest absolute Gasteiger partial charge is 0.417 e. The van der Waals surface area contributed by atoms with Crippen LogP contribution in [0.25, 0.3) is 10.9 Å². The monoisotopic (exact) mass is 642 g/mol. The number of H-pyrrole nitrogens is 1. The molecule has 3 aromatic rings. The third-order valence-corrected chi connectivity index (χ3v) is 10.6. The number of carbonyl (C=O) groups excluding carboxylic acids is 1. The SMILES string of the molecule is Cc1cc2[nH]ncc2c(C2Cc3nc(OCC4(CN5CC[C@@H](F)C5)CC4)nc(N4C[C@H]5CC[C@@](C)(C4)N5)c3C(=O)N2)c1C(F)(F)F. The molecule has 46 heavy (non-hydrogen) atoms. The average Bonchev–Trinajstić information content (AvgIpc) is 3.24. The summed E-state index contributed by atoms with van der Waals surface area (Å²) in [6.07, 6.45) is 0.410. The summed E-state index contributed by atoms with van der Waals surface area (Å²) >= 11 is 0. The van der Waals surface area contributed by atoms with Crippen molar-refractivity contribution in [1.29, 1.82) is 0 Å². The minimum atomic E-state index is -4.65. The van der Waals surface area contributed by atoms with Crippen LogP contribution in [0.1, 0.15) is 77.8 Å². The molecule has 10 nitrogen and oxygen atoms in total. The number of rotatable bonds is 7. The Bertz CT molecular complexity index is 1710. The molecule has 14 heteroatoms. The number of nitrogens with zero attached hydrogens (tertiary/aromatic N) is 5. The summed E-state index contributed by atoms with van der Waals surface area (Å²) in [7, 11) is 0. The van der Waals surface area contributed by atoms with Gasteiger partial charge in [0.15, 0.2) is 0 Å². The van der Waals surface area contributed by atoms with Crippen LogP contribution in [0.15, 0.2) is 12.3 Å². The molecule has 1 unspecified atom stereocenters. The molecule has 1 amide bonds. The van der Waals surface area contributed by atoms with E-state index >= 15 is 0 Å². The Morgan fingerprint density at radius 2 is 1.98 bits per heavy atom. The molecule has 8 rings (SSSR count). The van der Waals surface area contributed by atoms with Crippen LogP contribution in [0.2, 0.25) is 0 Å². The van der Waals surface area contributed by atoms with Gasteiger partial charge in [-0.05, 0) is 63.1 Å². The van der Waals surface area contributed by atoms with Crippen LogP contribution < -0.4 is 20.3 Å². The number of anilines is 1. The predicted octanol–water partition coefficient (Wildman–Crippen LogP) is 4.24. The number of piperazine rings is 1. The number of aromatic amines is 1.